The van der Waals surface area contributed by atoms with Crippen LogP contribution in [0.2, 0.25) is 0 Å². The molecule has 8 nitrogen and oxygen atoms in total. The predicted octanol–water partition coefficient (Wildman–Crippen LogP) is 2.18. The number of phenols is 1. The van der Waals surface area contributed by atoms with Crippen molar-refractivity contribution in [3.05, 3.63) is 23.8 Å². The number of hydrogen-bond acceptors (Lipinski definition) is 7. The average Bonchev–Trinajstić information content (AvgIpc) is 2.44. The summed E-state index contributed by atoms with van der Waals surface area (Å²) in [5.74, 6) is -0.941. The molecule has 1 rings (SSSR count). The monoisotopic (exact) mass is 401 g/mol. The third-order valence-electron chi connectivity index (χ3n) is 3.20. The van der Waals surface area contributed by atoms with Gasteiger partial charge in [-0.25, -0.2) is 18.0 Å². The number of phenolic OH excluding ortho intramolecular Hbond substituents is 1. The number of alkyl carbamates (subject to hydrolysis) is 1. The van der Waals surface area contributed by atoms with Gasteiger partial charge in [0.25, 0.3) is 0 Å². The number of nitrogens with one attached hydrogen (secondary N) is 1. The first kappa shape index (κ1) is 22.8. The van der Waals surface area contributed by atoms with Crippen molar-refractivity contribution in [3.63, 3.8) is 0 Å². The Kier molecular flexibility index (Phi) is 7.25. The highest BCUT2D eigenvalue weighted by Crippen LogP contribution is 2.23. The summed E-state index contributed by atoms with van der Waals surface area (Å²) in [6, 6.07) is 2.64. The van der Waals surface area contributed by atoms with Gasteiger partial charge in [-0.2, -0.15) is 0 Å². The number of aromatic hydroxyl groups is 1. The Bertz CT molecular complexity index is 794. The highest BCUT2D eigenvalue weighted by Gasteiger charge is 2.28. The Morgan fingerprint density at radius 1 is 1.22 bits per heavy atom. The SMILES string of the molecule is CC(C)OC(=O)[C@H](Cc1ccc(O)cc1S(C)(=O)=O)NC(=O)OC(C)(C)C. The van der Waals surface area contributed by atoms with Crippen molar-refractivity contribution in [2.45, 2.75) is 63.7 Å². The highest BCUT2D eigenvalue weighted by atomic mass is 32.2. The summed E-state index contributed by atoms with van der Waals surface area (Å²) in [5, 5.41) is 12.0. The normalized spacial score (nSPS) is 13.1. The van der Waals surface area contributed by atoms with E-state index in [0.29, 0.717) is 0 Å². The van der Waals surface area contributed by atoms with Gasteiger partial charge in [0.1, 0.15) is 17.4 Å². The smallest absolute Gasteiger partial charge is 0.408 e. The van der Waals surface area contributed by atoms with Crippen molar-refractivity contribution in [2.75, 3.05) is 6.26 Å². The number of esters is 1. The van der Waals surface area contributed by atoms with E-state index in [4.69, 9.17) is 9.47 Å². The summed E-state index contributed by atoms with van der Waals surface area (Å²) < 4.78 is 34.3. The molecule has 0 saturated heterocycles. The zero-order chi connectivity index (χ0) is 21.0. The molecule has 0 bridgehead atoms. The molecule has 0 aliphatic rings. The van der Waals surface area contributed by atoms with Gasteiger partial charge in [0, 0.05) is 12.7 Å². The van der Waals surface area contributed by atoms with Crippen molar-refractivity contribution in [3.8, 4) is 5.75 Å². The lowest BCUT2D eigenvalue weighted by Crippen LogP contribution is -2.46. The molecule has 0 spiro atoms. The maximum absolute atomic E-state index is 12.4. The van der Waals surface area contributed by atoms with E-state index in [1.165, 1.54) is 12.1 Å². The van der Waals surface area contributed by atoms with E-state index < -0.39 is 39.6 Å². The first-order valence-electron chi connectivity index (χ1n) is 8.41. The van der Waals surface area contributed by atoms with Gasteiger partial charge in [-0.1, -0.05) is 6.07 Å². The van der Waals surface area contributed by atoms with E-state index in [1.54, 1.807) is 34.6 Å². The Hall–Kier alpha value is -2.29. The number of sulfone groups is 1. The number of rotatable bonds is 6. The van der Waals surface area contributed by atoms with Crippen LogP contribution in [0.25, 0.3) is 0 Å². The Labute approximate surface area is 159 Å². The first-order valence-corrected chi connectivity index (χ1v) is 10.3. The zero-order valence-corrected chi connectivity index (χ0v) is 17.2. The quantitative estimate of drug-likeness (QED) is 0.701. The fraction of sp³-hybridized carbons (Fsp3) is 0.556. The van der Waals surface area contributed by atoms with E-state index in [0.717, 1.165) is 12.3 Å². The standard InChI is InChI=1S/C18H27NO7S/c1-11(2)25-16(21)14(19-17(22)26-18(3,4)5)9-12-7-8-13(20)10-15(12)27(6,23)24/h7-8,10-11,14,20H,9H2,1-6H3,(H,19,22)/t14-/m0/s1. The fourth-order valence-corrected chi connectivity index (χ4v) is 3.20. The van der Waals surface area contributed by atoms with Gasteiger partial charge in [-0.15, -0.1) is 0 Å². The molecular weight excluding hydrogens is 374 g/mol. The van der Waals surface area contributed by atoms with E-state index in [9.17, 15) is 23.1 Å². The minimum absolute atomic E-state index is 0.129. The molecule has 1 atom stereocenters. The maximum atomic E-state index is 12.4. The van der Waals surface area contributed by atoms with E-state index in [-0.39, 0.29) is 22.6 Å². The van der Waals surface area contributed by atoms with Gasteiger partial charge in [0.2, 0.25) is 0 Å². The number of ether oxygens (including phenoxy) is 2. The molecule has 0 unspecified atom stereocenters. The third-order valence-corrected chi connectivity index (χ3v) is 4.38. The van der Waals surface area contributed by atoms with Crippen molar-refractivity contribution in [2.24, 2.45) is 0 Å². The van der Waals surface area contributed by atoms with Crippen LogP contribution in [-0.2, 0) is 30.5 Å². The molecule has 0 radical (unpaired) electrons. The number of hydrogen-bond donors (Lipinski definition) is 2. The lowest BCUT2D eigenvalue weighted by molar-refractivity contribution is -0.149. The summed E-state index contributed by atoms with van der Waals surface area (Å²) in [5.41, 5.74) is -0.510. The van der Waals surface area contributed by atoms with Crippen molar-refractivity contribution in [1.29, 1.82) is 0 Å². The van der Waals surface area contributed by atoms with Crippen LogP contribution in [0.5, 0.6) is 5.75 Å². The number of amides is 1. The zero-order valence-electron chi connectivity index (χ0n) is 16.4. The largest absolute Gasteiger partial charge is 0.508 e. The predicted molar refractivity (Wildman–Crippen MR) is 99.3 cm³/mol. The number of carbonyl (C=O) groups excluding carboxylic acids is 2. The topological polar surface area (TPSA) is 119 Å². The Balaban J connectivity index is 3.18. The van der Waals surface area contributed by atoms with Gasteiger partial charge in [-0.05, 0) is 52.3 Å². The molecule has 0 saturated carbocycles. The van der Waals surface area contributed by atoms with Gasteiger partial charge in [-0.3, -0.25) is 0 Å². The second-order valence-electron chi connectivity index (χ2n) is 7.45. The molecule has 1 aromatic rings. The van der Waals surface area contributed by atoms with Crippen LogP contribution in [0.1, 0.15) is 40.2 Å². The van der Waals surface area contributed by atoms with Crippen LogP contribution in [0.3, 0.4) is 0 Å². The van der Waals surface area contributed by atoms with Crippen LogP contribution in [0.4, 0.5) is 4.79 Å². The lowest BCUT2D eigenvalue weighted by Gasteiger charge is -2.24. The molecule has 0 aromatic heterocycles. The molecule has 0 fully saturated rings. The third kappa shape index (κ3) is 7.86. The molecular formula is C18H27NO7S. The maximum Gasteiger partial charge on any atom is 0.408 e. The second-order valence-corrected chi connectivity index (χ2v) is 9.44. The van der Waals surface area contributed by atoms with Crippen LogP contribution in [0.15, 0.2) is 23.1 Å². The first-order chi connectivity index (χ1) is 12.2. The van der Waals surface area contributed by atoms with Crippen LogP contribution in [-0.4, -0.2) is 49.6 Å². The number of benzene rings is 1. The van der Waals surface area contributed by atoms with Crippen LogP contribution < -0.4 is 5.32 Å². The molecule has 1 aromatic carbocycles. The van der Waals surface area contributed by atoms with Crippen molar-refractivity contribution < 1.29 is 32.6 Å². The fourth-order valence-electron chi connectivity index (χ4n) is 2.23. The molecule has 1 amide bonds. The summed E-state index contributed by atoms with van der Waals surface area (Å²) in [7, 11) is -3.66. The van der Waals surface area contributed by atoms with Crippen LogP contribution >= 0.6 is 0 Å². The van der Waals surface area contributed by atoms with E-state index in [2.05, 4.69) is 5.32 Å². The van der Waals surface area contributed by atoms with Gasteiger partial charge >= 0.3 is 12.1 Å². The Morgan fingerprint density at radius 2 is 1.81 bits per heavy atom. The highest BCUT2D eigenvalue weighted by molar-refractivity contribution is 7.90. The lowest BCUT2D eigenvalue weighted by atomic mass is 10.1. The molecule has 0 aliphatic carbocycles. The molecule has 9 heteroatoms. The summed E-state index contributed by atoms with van der Waals surface area (Å²) in [4.78, 5) is 24.4. The van der Waals surface area contributed by atoms with Gasteiger partial charge in [0.15, 0.2) is 9.84 Å². The molecule has 0 aliphatic heterocycles. The van der Waals surface area contributed by atoms with E-state index >= 15 is 0 Å². The van der Waals surface area contributed by atoms with Crippen molar-refractivity contribution in [1.82, 2.24) is 5.32 Å². The summed E-state index contributed by atoms with van der Waals surface area (Å²) in [6.45, 7) is 8.34. The van der Waals surface area contributed by atoms with Crippen molar-refractivity contribution >= 4 is 21.9 Å². The molecule has 152 valence electrons. The summed E-state index contributed by atoms with van der Waals surface area (Å²) in [6.07, 6.45) is -0.399. The number of carbonyl (C=O) groups is 2. The Morgan fingerprint density at radius 3 is 2.30 bits per heavy atom. The van der Waals surface area contributed by atoms with E-state index in [1.807, 2.05) is 0 Å². The molecule has 27 heavy (non-hydrogen) atoms. The second kappa shape index (κ2) is 8.60. The molecule has 2 N–H and O–H groups in total. The summed E-state index contributed by atoms with van der Waals surface area (Å²) >= 11 is 0. The molecule has 0 heterocycles. The average molecular weight is 401 g/mol. The van der Waals surface area contributed by atoms with Crippen LogP contribution in [0, 0.1) is 0 Å². The minimum Gasteiger partial charge on any atom is -0.508 e. The van der Waals surface area contributed by atoms with Gasteiger partial charge in [0.05, 0.1) is 11.0 Å². The van der Waals surface area contributed by atoms with Gasteiger partial charge < -0.3 is 19.9 Å². The minimum atomic E-state index is -3.66.